The fourth-order valence-corrected chi connectivity index (χ4v) is 3.92. The molecule has 1 aromatic carbocycles. The second kappa shape index (κ2) is 9.33. The predicted octanol–water partition coefficient (Wildman–Crippen LogP) is 2.33. The Hall–Kier alpha value is -2.51. The first-order chi connectivity index (χ1) is 14.2. The number of hydrogen-bond acceptors (Lipinski definition) is 5. The van der Waals surface area contributed by atoms with Crippen LogP contribution >= 0.6 is 0 Å². The third-order valence-electron chi connectivity index (χ3n) is 5.64. The van der Waals surface area contributed by atoms with Crippen LogP contribution in [0.15, 0.2) is 48.7 Å². The smallest absolute Gasteiger partial charge is 0.223 e. The van der Waals surface area contributed by atoms with Gasteiger partial charge in [0.1, 0.15) is 11.6 Å². The molecular weight excluding hydrogens is 371 g/mol. The molecule has 154 valence electrons. The highest BCUT2D eigenvalue weighted by atomic mass is 19.1. The van der Waals surface area contributed by atoms with Crippen molar-refractivity contribution in [2.75, 3.05) is 57.3 Å². The number of nitrogens with zero attached hydrogens (tertiary/aromatic N) is 4. The number of amides is 1. The fourth-order valence-electron chi connectivity index (χ4n) is 3.92. The number of ether oxygens (including phenoxy) is 1. The molecule has 2 aromatic rings. The predicted molar refractivity (Wildman–Crippen MR) is 109 cm³/mol. The van der Waals surface area contributed by atoms with E-state index in [0.717, 1.165) is 57.2 Å². The summed E-state index contributed by atoms with van der Waals surface area (Å²) in [4.78, 5) is 23.5. The topological polar surface area (TPSA) is 48.9 Å². The van der Waals surface area contributed by atoms with Gasteiger partial charge in [-0.3, -0.25) is 9.69 Å². The molecule has 2 aliphatic rings. The Labute approximate surface area is 170 Å². The molecule has 29 heavy (non-hydrogen) atoms. The lowest BCUT2D eigenvalue weighted by atomic mass is 10.1. The van der Waals surface area contributed by atoms with Crippen LogP contribution in [0.1, 0.15) is 18.1 Å². The first kappa shape index (κ1) is 19.8. The van der Waals surface area contributed by atoms with E-state index < -0.39 is 0 Å². The molecule has 2 aliphatic heterocycles. The molecule has 0 bridgehead atoms. The number of anilines is 1. The maximum absolute atomic E-state index is 13.1. The van der Waals surface area contributed by atoms with Crippen molar-refractivity contribution in [2.45, 2.75) is 12.5 Å². The molecule has 1 unspecified atom stereocenters. The molecule has 2 saturated heterocycles. The molecule has 0 N–H and O–H groups in total. The van der Waals surface area contributed by atoms with E-state index >= 15 is 0 Å². The molecule has 2 fully saturated rings. The highest BCUT2D eigenvalue weighted by Crippen LogP contribution is 2.22. The second-order valence-electron chi connectivity index (χ2n) is 7.52. The number of benzene rings is 1. The van der Waals surface area contributed by atoms with Crippen molar-refractivity contribution >= 4 is 11.7 Å². The van der Waals surface area contributed by atoms with Crippen molar-refractivity contribution in [3.63, 3.8) is 0 Å². The molecule has 1 amide bonds. The lowest BCUT2D eigenvalue weighted by Gasteiger charge is -2.36. The second-order valence-corrected chi connectivity index (χ2v) is 7.52. The largest absolute Gasteiger partial charge is 0.371 e. The van der Waals surface area contributed by atoms with Crippen molar-refractivity contribution in [1.82, 2.24) is 14.8 Å². The fraction of sp³-hybridized carbons (Fsp3) is 0.455. The Kier molecular flexibility index (Phi) is 6.36. The maximum atomic E-state index is 13.1. The van der Waals surface area contributed by atoms with E-state index in [4.69, 9.17) is 4.74 Å². The molecule has 0 saturated carbocycles. The zero-order valence-corrected chi connectivity index (χ0v) is 16.5. The van der Waals surface area contributed by atoms with Crippen molar-refractivity contribution in [2.24, 2.45) is 0 Å². The Morgan fingerprint density at radius 2 is 1.86 bits per heavy atom. The monoisotopic (exact) mass is 398 g/mol. The molecule has 6 nitrogen and oxygen atoms in total. The quantitative estimate of drug-likeness (QED) is 0.774. The van der Waals surface area contributed by atoms with Crippen molar-refractivity contribution < 1.29 is 13.9 Å². The van der Waals surface area contributed by atoms with Gasteiger partial charge in [0.15, 0.2) is 0 Å². The van der Waals surface area contributed by atoms with Gasteiger partial charge < -0.3 is 14.5 Å². The lowest BCUT2D eigenvalue weighted by molar-refractivity contribution is -0.132. The summed E-state index contributed by atoms with van der Waals surface area (Å²) >= 11 is 0. The molecule has 0 radical (unpaired) electrons. The summed E-state index contributed by atoms with van der Waals surface area (Å²) in [6.45, 7) is 5.98. The first-order valence-electron chi connectivity index (χ1n) is 10.2. The molecule has 1 aromatic heterocycles. The van der Waals surface area contributed by atoms with Gasteiger partial charge in [0, 0.05) is 58.4 Å². The van der Waals surface area contributed by atoms with Crippen LogP contribution in [0.25, 0.3) is 0 Å². The number of halogens is 1. The van der Waals surface area contributed by atoms with Crippen LogP contribution in [0.4, 0.5) is 10.2 Å². The average molecular weight is 398 g/mol. The third-order valence-corrected chi connectivity index (χ3v) is 5.64. The van der Waals surface area contributed by atoms with Gasteiger partial charge in [-0.15, -0.1) is 0 Å². The van der Waals surface area contributed by atoms with Gasteiger partial charge in [-0.25, -0.2) is 9.37 Å². The third kappa shape index (κ3) is 5.10. The minimum Gasteiger partial charge on any atom is -0.371 e. The number of pyridine rings is 1. The zero-order valence-electron chi connectivity index (χ0n) is 16.5. The standard InChI is InChI=1S/C22H27FN4O2/c23-19-6-4-18(5-7-19)20-17-25(15-16-29-20)10-8-22(28)27-13-11-26(12-14-27)21-3-1-2-9-24-21/h1-7,9,20H,8,10-17H2. The number of morpholine rings is 1. The minimum atomic E-state index is -0.241. The molecule has 3 heterocycles. The SMILES string of the molecule is O=C(CCN1CCOC(c2ccc(F)cc2)C1)N1CCN(c2ccccn2)CC1. The molecule has 0 aliphatic carbocycles. The zero-order chi connectivity index (χ0) is 20.1. The van der Waals surface area contributed by atoms with E-state index in [1.54, 1.807) is 18.3 Å². The van der Waals surface area contributed by atoms with Crippen LogP contribution in [0.3, 0.4) is 0 Å². The minimum absolute atomic E-state index is 0.0682. The Balaban J connectivity index is 1.23. The van der Waals surface area contributed by atoms with Gasteiger partial charge in [0.2, 0.25) is 5.91 Å². The number of hydrogen-bond donors (Lipinski definition) is 0. The van der Waals surface area contributed by atoms with Gasteiger partial charge in [0.25, 0.3) is 0 Å². The summed E-state index contributed by atoms with van der Waals surface area (Å²) in [5, 5.41) is 0. The van der Waals surface area contributed by atoms with Gasteiger partial charge in [-0.2, -0.15) is 0 Å². The number of aromatic nitrogens is 1. The highest BCUT2D eigenvalue weighted by molar-refractivity contribution is 5.76. The molecule has 4 rings (SSSR count). The van der Waals surface area contributed by atoms with Crippen LogP contribution in [-0.4, -0.2) is 73.1 Å². The van der Waals surface area contributed by atoms with Crippen LogP contribution in [0, 0.1) is 5.82 Å². The van der Waals surface area contributed by atoms with E-state index in [1.165, 1.54) is 12.1 Å². The molecule has 0 spiro atoms. The van der Waals surface area contributed by atoms with Crippen molar-refractivity contribution in [3.05, 3.63) is 60.0 Å². The summed E-state index contributed by atoms with van der Waals surface area (Å²) in [5.41, 5.74) is 0.980. The van der Waals surface area contributed by atoms with E-state index in [2.05, 4.69) is 14.8 Å². The number of piperazine rings is 1. The molecule has 7 heteroatoms. The highest BCUT2D eigenvalue weighted by Gasteiger charge is 2.25. The number of carbonyl (C=O) groups excluding carboxylic acids is 1. The number of carbonyl (C=O) groups is 1. The summed E-state index contributed by atoms with van der Waals surface area (Å²) in [6.07, 6.45) is 2.25. The van der Waals surface area contributed by atoms with Crippen LogP contribution in [0.2, 0.25) is 0 Å². The van der Waals surface area contributed by atoms with E-state index in [9.17, 15) is 9.18 Å². The Morgan fingerprint density at radius 3 is 2.59 bits per heavy atom. The van der Waals surface area contributed by atoms with Crippen molar-refractivity contribution in [3.8, 4) is 0 Å². The molecule has 1 atom stereocenters. The van der Waals surface area contributed by atoms with Gasteiger partial charge in [-0.1, -0.05) is 18.2 Å². The maximum Gasteiger partial charge on any atom is 0.223 e. The first-order valence-corrected chi connectivity index (χ1v) is 10.2. The van der Waals surface area contributed by atoms with E-state index in [1.807, 2.05) is 23.1 Å². The summed E-state index contributed by atoms with van der Waals surface area (Å²) in [7, 11) is 0. The van der Waals surface area contributed by atoms with Crippen LogP contribution < -0.4 is 4.90 Å². The average Bonchev–Trinajstić information content (AvgIpc) is 2.79. The number of rotatable bonds is 5. The van der Waals surface area contributed by atoms with E-state index in [0.29, 0.717) is 13.0 Å². The normalized spacial score (nSPS) is 20.7. The molecular formula is C22H27FN4O2. The summed E-state index contributed by atoms with van der Waals surface area (Å²) in [5.74, 6) is 0.936. The van der Waals surface area contributed by atoms with E-state index in [-0.39, 0.29) is 17.8 Å². The van der Waals surface area contributed by atoms with Crippen molar-refractivity contribution in [1.29, 1.82) is 0 Å². The lowest BCUT2D eigenvalue weighted by Crippen LogP contribution is -2.49. The summed E-state index contributed by atoms with van der Waals surface area (Å²) < 4.78 is 19.0. The van der Waals surface area contributed by atoms with Gasteiger partial charge >= 0.3 is 0 Å². The Morgan fingerprint density at radius 1 is 1.07 bits per heavy atom. The van der Waals surface area contributed by atoms with Crippen LogP contribution in [0.5, 0.6) is 0 Å². The van der Waals surface area contributed by atoms with Gasteiger partial charge in [-0.05, 0) is 29.8 Å². The van der Waals surface area contributed by atoms with Gasteiger partial charge in [0.05, 0.1) is 12.7 Å². The van der Waals surface area contributed by atoms with Crippen LogP contribution in [-0.2, 0) is 9.53 Å². The summed E-state index contributed by atoms with van der Waals surface area (Å²) in [6, 6.07) is 12.4. The Bertz CT molecular complexity index is 794.